The summed E-state index contributed by atoms with van der Waals surface area (Å²) in [6.07, 6.45) is -0.951. The van der Waals surface area contributed by atoms with Crippen LogP contribution < -0.4 is 5.73 Å². The highest BCUT2D eigenvalue weighted by atomic mass is 19.4. The third-order valence-corrected chi connectivity index (χ3v) is 7.30. The molecule has 1 unspecified atom stereocenters. The third kappa shape index (κ3) is 7.45. The second-order valence-electron chi connectivity index (χ2n) is 10.3. The quantitative estimate of drug-likeness (QED) is 0.364. The fraction of sp³-hybridized carbons (Fsp3) is 0.400. The van der Waals surface area contributed by atoms with Gasteiger partial charge in [-0.3, -0.25) is 19.6 Å². The number of ether oxygens (including phenoxy) is 1. The zero-order valence-corrected chi connectivity index (χ0v) is 22.5. The Morgan fingerprint density at radius 3 is 2.17 bits per heavy atom. The molecule has 214 valence electrons. The number of piperazine rings is 1. The Labute approximate surface area is 232 Å². The summed E-state index contributed by atoms with van der Waals surface area (Å²) in [6, 6.07) is 17.5. The second-order valence-corrected chi connectivity index (χ2v) is 10.3. The summed E-state index contributed by atoms with van der Waals surface area (Å²) >= 11 is 0. The van der Waals surface area contributed by atoms with Crippen LogP contribution in [-0.2, 0) is 28.2 Å². The zero-order valence-electron chi connectivity index (χ0n) is 22.5. The van der Waals surface area contributed by atoms with Gasteiger partial charge < -0.3 is 15.6 Å². The van der Waals surface area contributed by atoms with E-state index in [4.69, 9.17) is 10.5 Å². The maximum absolute atomic E-state index is 13.2. The molecule has 2 atom stereocenters. The molecule has 2 aromatic carbocycles. The molecule has 3 aromatic rings. The van der Waals surface area contributed by atoms with Crippen molar-refractivity contribution in [3.8, 4) is 11.1 Å². The van der Waals surface area contributed by atoms with Crippen molar-refractivity contribution in [2.24, 2.45) is 5.73 Å². The van der Waals surface area contributed by atoms with Gasteiger partial charge in [0.1, 0.15) is 6.61 Å². The van der Waals surface area contributed by atoms with Crippen molar-refractivity contribution in [3.63, 3.8) is 0 Å². The number of alkyl halides is 3. The maximum atomic E-state index is 13.2. The Bertz CT molecular complexity index is 1240. The Balaban J connectivity index is 1.43. The minimum Gasteiger partial charge on any atom is -0.464 e. The topological polar surface area (TPSA) is 91.9 Å². The highest BCUT2D eigenvalue weighted by Crippen LogP contribution is 2.39. The summed E-state index contributed by atoms with van der Waals surface area (Å²) in [5, 5.41) is 9.92. The van der Waals surface area contributed by atoms with E-state index in [-0.39, 0.29) is 37.1 Å². The number of rotatable bonds is 10. The van der Waals surface area contributed by atoms with Crippen molar-refractivity contribution < 1.29 is 27.8 Å². The van der Waals surface area contributed by atoms with E-state index in [1.807, 2.05) is 36.4 Å². The molecule has 0 bridgehead atoms. The van der Waals surface area contributed by atoms with E-state index in [9.17, 15) is 23.1 Å². The number of benzene rings is 2. The van der Waals surface area contributed by atoms with Gasteiger partial charge in [0.25, 0.3) is 0 Å². The van der Waals surface area contributed by atoms with Gasteiger partial charge in [-0.2, -0.15) is 13.2 Å². The van der Waals surface area contributed by atoms with Crippen molar-refractivity contribution in [2.45, 2.75) is 44.3 Å². The van der Waals surface area contributed by atoms with Gasteiger partial charge >= 0.3 is 12.1 Å². The SMILES string of the molecule is CC(O)(c1ccc(-c2ccc(CN3CCN(Cc4ccncc4)C[C@@H]3CC(=O)OCCN)cc2)cc1)C(F)(F)F. The number of pyridine rings is 1. The molecule has 1 fully saturated rings. The normalized spacial score (nSPS) is 18.3. The molecule has 0 saturated carbocycles. The number of nitrogens with two attached hydrogens (primary N) is 1. The molecular formula is C30H35F3N4O3. The molecule has 7 nitrogen and oxygen atoms in total. The summed E-state index contributed by atoms with van der Waals surface area (Å²) in [7, 11) is 0. The molecule has 1 aliphatic heterocycles. The van der Waals surface area contributed by atoms with E-state index in [0.717, 1.165) is 43.2 Å². The molecule has 2 heterocycles. The lowest BCUT2D eigenvalue weighted by Gasteiger charge is -2.41. The molecule has 1 aliphatic rings. The highest BCUT2D eigenvalue weighted by Gasteiger charge is 2.51. The number of esters is 1. The zero-order chi connectivity index (χ0) is 28.8. The minimum atomic E-state index is -4.76. The van der Waals surface area contributed by atoms with Crippen molar-refractivity contribution in [1.82, 2.24) is 14.8 Å². The number of carbonyl (C=O) groups excluding carboxylic acids is 1. The molecule has 3 N–H and O–H groups in total. The van der Waals surface area contributed by atoms with Gasteiger partial charge in [-0.25, -0.2) is 0 Å². The number of hydrogen-bond donors (Lipinski definition) is 2. The fourth-order valence-electron chi connectivity index (χ4n) is 4.86. The van der Waals surface area contributed by atoms with Crippen LogP contribution in [0.25, 0.3) is 11.1 Å². The number of halogens is 3. The van der Waals surface area contributed by atoms with E-state index in [1.165, 1.54) is 17.7 Å². The maximum Gasteiger partial charge on any atom is 0.421 e. The van der Waals surface area contributed by atoms with E-state index in [2.05, 4.69) is 14.8 Å². The van der Waals surface area contributed by atoms with Crippen LogP contribution in [0.2, 0.25) is 0 Å². The second kappa shape index (κ2) is 12.9. The molecule has 0 aliphatic carbocycles. The van der Waals surface area contributed by atoms with Crippen molar-refractivity contribution >= 4 is 5.97 Å². The van der Waals surface area contributed by atoms with Crippen LogP contribution in [0.3, 0.4) is 0 Å². The smallest absolute Gasteiger partial charge is 0.421 e. The van der Waals surface area contributed by atoms with Crippen LogP contribution >= 0.6 is 0 Å². The first-order valence-corrected chi connectivity index (χ1v) is 13.3. The molecule has 1 saturated heterocycles. The minimum absolute atomic E-state index is 0.0329. The first-order valence-electron chi connectivity index (χ1n) is 13.3. The van der Waals surface area contributed by atoms with Crippen LogP contribution in [0.4, 0.5) is 13.2 Å². The lowest BCUT2D eigenvalue weighted by atomic mass is 9.93. The van der Waals surface area contributed by atoms with Crippen molar-refractivity contribution in [2.75, 3.05) is 32.8 Å². The van der Waals surface area contributed by atoms with E-state index < -0.39 is 11.8 Å². The van der Waals surface area contributed by atoms with Crippen LogP contribution in [-0.4, -0.2) is 70.9 Å². The fourth-order valence-corrected chi connectivity index (χ4v) is 4.86. The molecule has 0 amide bonds. The van der Waals surface area contributed by atoms with Crippen molar-refractivity contribution in [3.05, 3.63) is 89.7 Å². The van der Waals surface area contributed by atoms with E-state index in [1.54, 1.807) is 24.5 Å². The predicted octanol–water partition coefficient (Wildman–Crippen LogP) is 4.10. The summed E-state index contributed by atoms with van der Waals surface area (Å²) in [5.41, 5.74) is 6.19. The monoisotopic (exact) mass is 556 g/mol. The largest absolute Gasteiger partial charge is 0.464 e. The van der Waals surface area contributed by atoms with Gasteiger partial charge in [-0.05, 0) is 46.9 Å². The van der Waals surface area contributed by atoms with Gasteiger partial charge in [0, 0.05) is 57.7 Å². The first-order chi connectivity index (χ1) is 19.1. The number of aliphatic hydroxyl groups is 1. The molecule has 10 heteroatoms. The third-order valence-electron chi connectivity index (χ3n) is 7.30. The summed E-state index contributed by atoms with van der Waals surface area (Å²) in [5.74, 6) is -0.269. The van der Waals surface area contributed by atoms with Gasteiger partial charge in [0.15, 0.2) is 5.60 Å². The van der Waals surface area contributed by atoms with Crippen LogP contribution in [0.5, 0.6) is 0 Å². The standard InChI is InChI=1S/C30H35F3N4O3/c1-29(39,30(31,32)33)26-8-6-25(7-9-26)24-4-2-22(3-5-24)20-37-16-15-36(19-23-10-13-35-14-11-23)21-27(37)18-28(38)40-17-12-34/h2-11,13-14,27,39H,12,15-21,34H2,1H3/t27-,29?/m0/s1. The Morgan fingerprint density at radius 1 is 0.975 bits per heavy atom. The van der Waals surface area contributed by atoms with Gasteiger partial charge in [-0.15, -0.1) is 0 Å². The lowest BCUT2D eigenvalue weighted by molar-refractivity contribution is -0.258. The Kier molecular flexibility index (Phi) is 9.57. The molecule has 0 spiro atoms. The van der Waals surface area contributed by atoms with Gasteiger partial charge in [-0.1, -0.05) is 48.5 Å². The molecule has 0 radical (unpaired) electrons. The summed E-state index contributed by atoms with van der Waals surface area (Å²) in [4.78, 5) is 21.2. The molecule has 40 heavy (non-hydrogen) atoms. The molecular weight excluding hydrogens is 521 g/mol. The summed E-state index contributed by atoms with van der Waals surface area (Å²) in [6.45, 7) is 4.99. The van der Waals surface area contributed by atoms with Crippen LogP contribution in [0.1, 0.15) is 30.0 Å². The number of hydrogen-bond acceptors (Lipinski definition) is 7. The molecule has 1 aromatic heterocycles. The van der Waals surface area contributed by atoms with E-state index >= 15 is 0 Å². The predicted molar refractivity (Wildman–Crippen MR) is 146 cm³/mol. The average Bonchev–Trinajstić information content (AvgIpc) is 2.94. The summed E-state index contributed by atoms with van der Waals surface area (Å²) < 4.78 is 44.7. The number of carbonyl (C=O) groups is 1. The highest BCUT2D eigenvalue weighted by molar-refractivity contribution is 5.70. The average molecular weight is 557 g/mol. The first kappa shape index (κ1) is 29.7. The van der Waals surface area contributed by atoms with Crippen LogP contribution in [0.15, 0.2) is 73.1 Å². The lowest BCUT2D eigenvalue weighted by Crippen LogP contribution is -2.53. The van der Waals surface area contributed by atoms with E-state index in [0.29, 0.717) is 13.1 Å². The van der Waals surface area contributed by atoms with Crippen LogP contribution in [0, 0.1) is 0 Å². The van der Waals surface area contributed by atoms with Crippen molar-refractivity contribution in [1.29, 1.82) is 0 Å². The molecule has 4 rings (SSSR count). The Morgan fingerprint density at radius 2 is 1.57 bits per heavy atom. The van der Waals surface area contributed by atoms with Gasteiger partial charge in [0.2, 0.25) is 0 Å². The number of aromatic nitrogens is 1. The van der Waals surface area contributed by atoms with Gasteiger partial charge in [0.05, 0.1) is 6.42 Å². The number of nitrogens with zero attached hydrogens (tertiary/aromatic N) is 3. The Hall–Kier alpha value is -3.31.